The van der Waals surface area contributed by atoms with E-state index in [0.29, 0.717) is 11.9 Å². The lowest BCUT2D eigenvalue weighted by molar-refractivity contribution is 0.177. The van der Waals surface area contributed by atoms with E-state index in [1.54, 1.807) is 0 Å². The number of nitrogens with zero attached hydrogens (tertiary/aromatic N) is 3. The number of benzene rings is 2. The fourth-order valence-corrected chi connectivity index (χ4v) is 3.67. The number of hydrogen-bond acceptors (Lipinski definition) is 5. The summed E-state index contributed by atoms with van der Waals surface area (Å²) in [6, 6.07) is 15.6. The van der Waals surface area contributed by atoms with Crippen molar-refractivity contribution >= 4 is 10.8 Å². The smallest absolute Gasteiger partial charge is 0.223 e. The molecule has 3 aromatic rings. The molecule has 0 amide bonds. The molecule has 1 aliphatic rings. The molecule has 1 aromatic heterocycles. The number of hydrogen-bond donors (Lipinski definition) is 1. The van der Waals surface area contributed by atoms with Gasteiger partial charge in [0.05, 0.1) is 6.54 Å². The standard InChI is InChI=1S/C20H24N4O/c1-15-22-20(23-25-15)14-24-11-5-9-18(13-24)21-12-17-8-4-7-16-6-2-3-10-19(16)17/h2-4,6-8,10,18,21H,5,9,11-14H2,1H3/t18-/m1/s1. The first-order valence-corrected chi connectivity index (χ1v) is 8.99. The summed E-state index contributed by atoms with van der Waals surface area (Å²) in [6.07, 6.45) is 2.41. The topological polar surface area (TPSA) is 54.2 Å². The third kappa shape index (κ3) is 3.89. The van der Waals surface area contributed by atoms with Gasteiger partial charge in [0.2, 0.25) is 5.89 Å². The van der Waals surface area contributed by atoms with Gasteiger partial charge in [0.1, 0.15) is 0 Å². The van der Waals surface area contributed by atoms with Crippen molar-refractivity contribution < 1.29 is 4.52 Å². The Labute approximate surface area is 148 Å². The summed E-state index contributed by atoms with van der Waals surface area (Å²) in [6.45, 7) is 5.63. The van der Waals surface area contributed by atoms with Gasteiger partial charge in [-0.1, -0.05) is 47.6 Å². The predicted octanol–water partition coefficient (Wildman–Crippen LogP) is 3.29. The molecule has 1 fully saturated rings. The molecular weight excluding hydrogens is 312 g/mol. The lowest BCUT2D eigenvalue weighted by Gasteiger charge is -2.32. The predicted molar refractivity (Wildman–Crippen MR) is 98.1 cm³/mol. The van der Waals surface area contributed by atoms with Gasteiger partial charge in [0.25, 0.3) is 0 Å². The molecular formula is C20H24N4O. The number of fused-ring (bicyclic) bond motifs is 1. The van der Waals surface area contributed by atoms with Gasteiger partial charge in [-0.3, -0.25) is 4.90 Å². The largest absolute Gasteiger partial charge is 0.340 e. The summed E-state index contributed by atoms with van der Waals surface area (Å²) in [4.78, 5) is 6.73. The molecule has 0 unspecified atom stereocenters. The van der Waals surface area contributed by atoms with Crippen LogP contribution in [0.25, 0.3) is 10.8 Å². The van der Waals surface area contributed by atoms with Crippen molar-refractivity contribution in [3.63, 3.8) is 0 Å². The van der Waals surface area contributed by atoms with Crippen LogP contribution in [-0.4, -0.2) is 34.2 Å². The minimum Gasteiger partial charge on any atom is -0.340 e. The Morgan fingerprint density at radius 3 is 2.96 bits per heavy atom. The van der Waals surface area contributed by atoms with Crippen LogP contribution in [0.2, 0.25) is 0 Å². The van der Waals surface area contributed by atoms with Crippen LogP contribution in [0, 0.1) is 6.92 Å². The van der Waals surface area contributed by atoms with Crippen molar-refractivity contribution in [3.05, 3.63) is 59.7 Å². The zero-order chi connectivity index (χ0) is 17.1. The average Bonchev–Trinajstić information content (AvgIpc) is 3.05. The molecule has 0 radical (unpaired) electrons. The molecule has 130 valence electrons. The van der Waals surface area contributed by atoms with Crippen molar-refractivity contribution in [3.8, 4) is 0 Å². The number of piperidine rings is 1. The second-order valence-electron chi connectivity index (χ2n) is 6.82. The Morgan fingerprint density at radius 1 is 1.20 bits per heavy atom. The van der Waals surface area contributed by atoms with Crippen LogP contribution < -0.4 is 5.32 Å². The van der Waals surface area contributed by atoms with Gasteiger partial charge in [-0.2, -0.15) is 4.98 Å². The van der Waals surface area contributed by atoms with Crippen LogP contribution in [0.1, 0.15) is 30.1 Å². The normalized spacial score (nSPS) is 18.7. The maximum atomic E-state index is 5.08. The quantitative estimate of drug-likeness (QED) is 0.775. The minimum absolute atomic E-state index is 0.501. The molecule has 4 rings (SSSR count). The first-order chi connectivity index (χ1) is 12.3. The van der Waals surface area contributed by atoms with Crippen molar-refractivity contribution in [2.45, 2.75) is 38.9 Å². The van der Waals surface area contributed by atoms with Gasteiger partial charge >= 0.3 is 0 Å². The molecule has 0 saturated carbocycles. The fraction of sp³-hybridized carbons (Fsp3) is 0.400. The average molecular weight is 336 g/mol. The number of likely N-dealkylation sites (tertiary alicyclic amines) is 1. The van der Waals surface area contributed by atoms with Gasteiger partial charge in [-0.05, 0) is 35.7 Å². The van der Waals surface area contributed by atoms with E-state index >= 15 is 0 Å². The highest BCUT2D eigenvalue weighted by atomic mass is 16.5. The van der Waals surface area contributed by atoms with E-state index in [9.17, 15) is 0 Å². The van der Waals surface area contributed by atoms with Crippen LogP contribution in [-0.2, 0) is 13.1 Å². The molecule has 1 aliphatic heterocycles. The minimum atomic E-state index is 0.501. The highest BCUT2D eigenvalue weighted by molar-refractivity contribution is 5.85. The van der Waals surface area contributed by atoms with Crippen LogP contribution in [0.4, 0.5) is 0 Å². The van der Waals surface area contributed by atoms with Gasteiger partial charge in [0, 0.05) is 26.1 Å². The van der Waals surface area contributed by atoms with E-state index in [-0.39, 0.29) is 0 Å². The second kappa shape index (κ2) is 7.33. The Balaban J connectivity index is 1.37. The van der Waals surface area contributed by atoms with Gasteiger partial charge < -0.3 is 9.84 Å². The molecule has 1 atom stereocenters. The summed E-state index contributed by atoms with van der Waals surface area (Å²) in [5, 5.41) is 10.4. The summed E-state index contributed by atoms with van der Waals surface area (Å²) >= 11 is 0. The first kappa shape index (κ1) is 16.2. The van der Waals surface area contributed by atoms with Crippen molar-refractivity contribution in [2.24, 2.45) is 0 Å². The summed E-state index contributed by atoms with van der Waals surface area (Å²) in [5.41, 5.74) is 1.36. The van der Waals surface area contributed by atoms with E-state index in [0.717, 1.165) is 32.0 Å². The Kier molecular flexibility index (Phi) is 4.76. The van der Waals surface area contributed by atoms with Crippen LogP contribution in [0.15, 0.2) is 47.0 Å². The summed E-state index contributed by atoms with van der Waals surface area (Å²) in [7, 11) is 0. The van der Waals surface area contributed by atoms with Crippen molar-refractivity contribution in [2.75, 3.05) is 13.1 Å². The maximum absolute atomic E-state index is 5.08. The lowest BCUT2D eigenvalue weighted by Crippen LogP contribution is -2.45. The van der Waals surface area contributed by atoms with E-state index in [1.807, 2.05) is 6.92 Å². The van der Waals surface area contributed by atoms with Gasteiger partial charge in [0.15, 0.2) is 5.82 Å². The molecule has 5 heteroatoms. The summed E-state index contributed by atoms with van der Waals surface area (Å²) < 4.78 is 5.08. The van der Waals surface area contributed by atoms with Crippen LogP contribution in [0.3, 0.4) is 0 Å². The summed E-state index contributed by atoms with van der Waals surface area (Å²) in [5.74, 6) is 1.42. The molecule has 0 bridgehead atoms. The lowest BCUT2D eigenvalue weighted by atomic mass is 10.0. The molecule has 1 saturated heterocycles. The highest BCUT2D eigenvalue weighted by Crippen LogP contribution is 2.19. The Morgan fingerprint density at radius 2 is 2.08 bits per heavy atom. The number of nitrogens with one attached hydrogen (secondary N) is 1. The first-order valence-electron chi connectivity index (χ1n) is 8.99. The number of aryl methyl sites for hydroxylation is 1. The van der Waals surface area contributed by atoms with E-state index in [2.05, 4.69) is 62.8 Å². The molecule has 2 aromatic carbocycles. The Bertz CT molecular complexity index is 839. The zero-order valence-electron chi connectivity index (χ0n) is 14.6. The Hall–Kier alpha value is -2.24. The molecule has 1 N–H and O–H groups in total. The van der Waals surface area contributed by atoms with Crippen LogP contribution in [0.5, 0.6) is 0 Å². The van der Waals surface area contributed by atoms with Crippen LogP contribution >= 0.6 is 0 Å². The van der Waals surface area contributed by atoms with Crippen molar-refractivity contribution in [1.29, 1.82) is 0 Å². The maximum Gasteiger partial charge on any atom is 0.223 e. The fourth-order valence-electron chi connectivity index (χ4n) is 3.67. The molecule has 0 spiro atoms. The number of aromatic nitrogens is 2. The van der Waals surface area contributed by atoms with Gasteiger partial charge in [-0.25, -0.2) is 0 Å². The van der Waals surface area contributed by atoms with E-state index in [4.69, 9.17) is 4.52 Å². The van der Waals surface area contributed by atoms with Gasteiger partial charge in [-0.15, -0.1) is 0 Å². The van der Waals surface area contributed by atoms with E-state index < -0.39 is 0 Å². The van der Waals surface area contributed by atoms with Crippen molar-refractivity contribution in [1.82, 2.24) is 20.4 Å². The van der Waals surface area contributed by atoms with E-state index in [1.165, 1.54) is 29.2 Å². The second-order valence-corrected chi connectivity index (χ2v) is 6.82. The number of rotatable bonds is 5. The molecule has 0 aliphatic carbocycles. The molecule has 5 nitrogen and oxygen atoms in total. The molecule has 25 heavy (non-hydrogen) atoms. The third-order valence-electron chi connectivity index (χ3n) is 4.90. The SMILES string of the molecule is Cc1nc(CN2CCC[C@@H](NCc3cccc4ccccc34)C2)no1. The zero-order valence-corrected chi connectivity index (χ0v) is 14.6. The highest BCUT2D eigenvalue weighted by Gasteiger charge is 2.21. The monoisotopic (exact) mass is 336 g/mol. The third-order valence-corrected chi connectivity index (χ3v) is 4.90. The molecule has 2 heterocycles.